The van der Waals surface area contributed by atoms with Gasteiger partial charge in [0.1, 0.15) is 0 Å². The van der Waals surface area contributed by atoms with E-state index in [0.29, 0.717) is 18.1 Å². The second-order valence-corrected chi connectivity index (χ2v) is 6.39. The fourth-order valence-electron chi connectivity index (χ4n) is 2.59. The molecular formula is C19H30O3. The monoisotopic (exact) mass is 306 g/mol. The van der Waals surface area contributed by atoms with Crippen molar-refractivity contribution in [1.82, 2.24) is 0 Å². The number of carbonyl (C=O) groups is 1. The Labute approximate surface area is 135 Å². The number of carbonyl (C=O) groups excluding carboxylic acids is 1. The second-order valence-electron chi connectivity index (χ2n) is 6.39. The van der Waals surface area contributed by atoms with Gasteiger partial charge in [-0.1, -0.05) is 29.9 Å². The Hall–Kier alpha value is -1.35. The predicted molar refractivity (Wildman–Crippen MR) is 90.7 cm³/mol. The van der Waals surface area contributed by atoms with Gasteiger partial charge in [-0.25, -0.2) is 4.79 Å². The summed E-state index contributed by atoms with van der Waals surface area (Å²) >= 11 is 0. The van der Waals surface area contributed by atoms with Crippen molar-refractivity contribution < 1.29 is 14.3 Å². The molecule has 2 atom stereocenters. The molecule has 3 nitrogen and oxygen atoms in total. The molecule has 124 valence electrons. The zero-order valence-electron chi connectivity index (χ0n) is 14.5. The van der Waals surface area contributed by atoms with Crippen LogP contribution in [0.3, 0.4) is 0 Å². The van der Waals surface area contributed by atoms with E-state index in [4.69, 9.17) is 9.47 Å². The first-order valence-corrected chi connectivity index (χ1v) is 8.11. The Bertz CT molecular complexity index is 434. The highest BCUT2D eigenvalue weighted by molar-refractivity contribution is 5.88. The number of hydrogen-bond donors (Lipinski definition) is 0. The highest BCUT2D eigenvalue weighted by atomic mass is 16.5. The van der Waals surface area contributed by atoms with E-state index in [1.165, 1.54) is 18.3 Å². The third kappa shape index (κ3) is 6.61. The summed E-state index contributed by atoms with van der Waals surface area (Å²) in [6.07, 6.45) is 9.66. The lowest BCUT2D eigenvalue weighted by molar-refractivity contribution is -0.138. The van der Waals surface area contributed by atoms with Crippen molar-refractivity contribution in [2.24, 2.45) is 5.92 Å². The minimum atomic E-state index is -0.363. The van der Waals surface area contributed by atoms with Gasteiger partial charge in [0.2, 0.25) is 0 Å². The van der Waals surface area contributed by atoms with Gasteiger partial charge in [-0.05, 0) is 58.8 Å². The van der Waals surface area contributed by atoms with Crippen LogP contribution in [0.25, 0.3) is 0 Å². The molecule has 1 saturated heterocycles. The van der Waals surface area contributed by atoms with Gasteiger partial charge < -0.3 is 9.47 Å². The molecule has 3 heteroatoms. The van der Waals surface area contributed by atoms with Gasteiger partial charge in [-0.15, -0.1) is 0 Å². The van der Waals surface area contributed by atoms with E-state index in [1.54, 1.807) is 0 Å². The van der Waals surface area contributed by atoms with Crippen molar-refractivity contribution in [1.29, 1.82) is 0 Å². The molecule has 0 unspecified atom stereocenters. The highest BCUT2D eigenvalue weighted by Crippen LogP contribution is 2.26. The molecule has 1 rings (SSSR count). The van der Waals surface area contributed by atoms with Gasteiger partial charge in [0.15, 0.2) is 0 Å². The normalized spacial score (nSPS) is 22.1. The van der Waals surface area contributed by atoms with Crippen molar-refractivity contribution >= 4 is 5.97 Å². The summed E-state index contributed by atoms with van der Waals surface area (Å²) in [7, 11) is 1.38. The van der Waals surface area contributed by atoms with E-state index < -0.39 is 0 Å². The molecule has 0 aromatic carbocycles. The molecule has 0 aromatic rings. The largest absolute Gasteiger partial charge is 0.466 e. The van der Waals surface area contributed by atoms with E-state index in [9.17, 15) is 4.79 Å². The second kappa shape index (κ2) is 9.62. The van der Waals surface area contributed by atoms with Crippen molar-refractivity contribution in [3.05, 3.63) is 35.5 Å². The van der Waals surface area contributed by atoms with Gasteiger partial charge in [-0.3, -0.25) is 0 Å². The average molecular weight is 306 g/mol. The lowest BCUT2D eigenvalue weighted by Crippen LogP contribution is -2.30. The van der Waals surface area contributed by atoms with Gasteiger partial charge in [0, 0.05) is 0 Å². The maximum atomic E-state index is 11.4. The fourth-order valence-corrected chi connectivity index (χ4v) is 2.59. The maximum absolute atomic E-state index is 11.4. The van der Waals surface area contributed by atoms with Crippen molar-refractivity contribution in [3.63, 3.8) is 0 Å². The van der Waals surface area contributed by atoms with Crippen LogP contribution in [-0.2, 0) is 14.3 Å². The SMILES string of the molecule is C=C(C(=O)OC)[C@@H]1CC[C@H](C/C=C(\C)CCC=C(C)C)CO1. The van der Waals surface area contributed by atoms with Crippen LogP contribution in [0, 0.1) is 5.92 Å². The first-order valence-electron chi connectivity index (χ1n) is 8.11. The summed E-state index contributed by atoms with van der Waals surface area (Å²) in [4.78, 5) is 11.4. The van der Waals surface area contributed by atoms with Crippen LogP contribution in [0.15, 0.2) is 35.5 Å². The van der Waals surface area contributed by atoms with Crippen LogP contribution in [0.5, 0.6) is 0 Å². The third-order valence-electron chi connectivity index (χ3n) is 4.10. The minimum absolute atomic E-state index is 0.175. The van der Waals surface area contributed by atoms with Crippen LogP contribution >= 0.6 is 0 Å². The van der Waals surface area contributed by atoms with Crippen LogP contribution in [0.4, 0.5) is 0 Å². The van der Waals surface area contributed by atoms with Crippen molar-refractivity contribution in [3.8, 4) is 0 Å². The lowest BCUT2D eigenvalue weighted by Gasteiger charge is -2.29. The molecule has 0 aliphatic carbocycles. The fraction of sp³-hybridized carbons (Fsp3) is 0.632. The number of methoxy groups -OCH3 is 1. The van der Waals surface area contributed by atoms with Gasteiger partial charge in [0.25, 0.3) is 0 Å². The number of esters is 1. The summed E-state index contributed by atoms with van der Waals surface area (Å²) in [5, 5.41) is 0. The molecule has 22 heavy (non-hydrogen) atoms. The summed E-state index contributed by atoms with van der Waals surface area (Å²) in [5.41, 5.74) is 3.26. The van der Waals surface area contributed by atoms with Crippen LogP contribution in [-0.4, -0.2) is 25.8 Å². The van der Waals surface area contributed by atoms with E-state index in [1.807, 2.05) is 0 Å². The average Bonchev–Trinajstić information content (AvgIpc) is 2.51. The van der Waals surface area contributed by atoms with E-state index in [2.05, 4.69) is 39.5 Å². The van der Waals surface area contributed by atoms with Crippen molar-refractivity contribution in [2.75, 3.05) is 13.7 Å². The molecule has 0 amide bonds. The number of rotatable bonds is 7. The first kappa shape index (κ1) is 18.7. The maximum Gasteiger partial charge on any atom is 0.335 e. The van der Waals surface area contributed by atoms with Crippen molar-refractivity contribution in [2.45, 2.75) is 59.0 Å². The Balaban J connectivity index is 2.32. The van der Waals surface area contributed by atoms with Crippen LogP contribution in [0.2, 0.25) is 0 Å². The summed E-state index contributed by atoms with van der Waals surface area (Å²) < 4.78 is 10.5. The smallest absolute Gasteiger partial charge is 0.335 e. The minimum Gasteiger partial charge on any atom is -0.466 e. The number of allylic oxidation sites excluding steroid dienone is 4. The molecule has 0 bridgehead atoms. The van der Waals surface area contributed by atoms with Crippen LogP contribution in [0.1, 0.15) is 52.9 Å². The molecule has 1 aliphatic rings. The zero-order chi connectivity index (χ0) is 16.5. The molecular weight excluding hydrogens is 276 g/mol. The molecule has 0 aromatic heterocycles. The highest BCUT2D eigenvalue weighted by Gasteiger charge is 2.26. The molecule has 1 fully saturated rings. The van der Waals surface area contributed by atoms with Gasteiger partial charge in [-0.2, -0.15) is 0 Å². The molecule has 0 saturated carbocycles. The molecule has 1 aliphatic heterocycles. The summed E-state index contributed by atoms with van der Waals surface area (Å²) in [5.74, 6) is 0.179. The third-order valence-corrected chi connectivity index (χ3v) is 4.10. The molecule has 1 heterocycles. The number of ether oxygens (including phenoxy) is 2. The summed E-state index contributed by atoms with van der Waals surface area (Å²) in [6.45, 7) is 10.9. The Morgan fingerprint density at radius 2 is 2.00 bits per heavy atom. The quantitative estimate of drug-likeness (QED) is 0.392. The van der Waals surface area contributed by atoms with Gasteiger partial charge >= 0.3 is 5.97 Å². The Kier molecular flexibility index (Phi) is 8.18. The van der Waals surface area contributed by atoms with E-state index in [-0.39, 0.29) is 12.1 Å². The Morgan fingerprint density at radius 1 is 1.27 bits per heavy atom. The van der Waals surface area contributed by atoms with E-state index in [0.717, 1.165) is 32.1 Å². The Morgan fingerprint density at radius 3 is 2.55 bits per heavy atom. The molecule has 0 N–H and O–H groups in total. The molecule has 0 spiro atoms. The standard InChI is InChI=1S/C19H30O3/c1-14(2)7-6-8-15(3)9-10-17-11-12-18(22-13-17)16(4)19(20)21-5/h7,9,17-18H,4,6,8,10-13H2,1-3,5H3/b15-9+/t17-,18-/m0/s1. The molecule has 0 radical (unpaired) electrons. The predicted octanol–water partition coefficient (Wildman–Crippen LogP) is 4.59. The first-order chi connectivity index (χ1) is 10.4. The number of hydrogen-bond acceptors (Lipinski definition) is 3. The van der Waals surface area contributed by atoms with E-state index >= 15 is 0 Å². The lowest BCUT2D eigenvalue weighted by atomic mass is 9.92. The van der Waals surface area contributed by atoms with Gasteiger partial charge in [0.05, 0.1) is 25.4 Å². The summed E-state index contributed by atoms with van der Waals surface area (Å²) in [6, 6.07) is 0. The van der Waals surface area contributed by atoms with Crippen LogP contribution < -0.4 is 0 Å². The zero-order valence-corrected chi connectivity index (χ0v) is 14.5. The topological polar surface area (TPSA) is 35.5 Å².